The van der Waals surface area contributed by atoms with Crippen molar-refractivity contribution in [2.75, 3.05) is 13.2 Å². The van der Waals surface area contributed by atoms with Crippen LogP contribution in [0.5, 0.6) is 5.75 Å². The Hall–Kier alpha value is -1.79. The number of nitrogens with zero attached hydrogens (tertiary/aromatic N) is 1. The smallest absolute Gasteiger partial charge is 0.344 e. The molecule has 1 aliphatic rings. The molecule has 1 aliphatic heterocycles. The maximum atomic E-state index is 11.2. The topological polar surface area (TPSA) is 77.3 Å². The van der Waals surface area contributed by atoms with E-state index in [1.807, 2.05) is 6.92 Å². The van der Waals surface area contributed by atoms with Crippen LogP contribution < -0.4 is 4.74 Å². The second-order valence-corrected chi connectivity index (χ2v) is 5.15. The maximum absolute atomic E-state index is 11.2. The number of rotatable bonds is 7. The predicted octanol–water partition coefficient (Wildman–Crippen LogP) is 2.72. The molecule has 1 heterocycles. The molecule has 120 valence electrons. The van der Waals surface area contributed by atoms with Crippen LogP contribution >= 0.6 is 11.6 Å². The van der Waals surface area contributed by atoms with Gasteiger partial charge in [0.15, 0.2) is 6.10 Å². The summed E-state index contributed by atoms with van der Waals surface area (Å²) in [7, 11) is 0. The highest BCUT2D eigenvalue weighted by Gasteiger charge is 2.29. The molecule has 0 amide bonds. The first-order valence-electron chi connectivity index (χ1n) is 7.07. The average molecular weight is 328 g/mol. The van der Waals surface area contributed by atoms with Crippen molar-refractivity contribution >= 4 is 23.3 Å². The summed E-state index contributed by atoms with van der Waals surface area (Å²) in [6, 6.07) is 4.94. The summed E-state index contributed by atoms with van der Waals surface area (Å²) >= 11 is 6.04. The predicted molar refractivity (Wildman–Crippen MR) is 81.7 cm³/mol. The Labute approximate surface area is 133 Å². The molecule has 0 saturated carbocycles. The first-order chi connectivity index (χ1) is 10.6. The molecule has 0 aromatic heterocycles. The van der Waals surface area contributed by atoms with E-state index >= 15 is 0 Å². The number of hydrogen-bond donors (Lipinski definition) is 1. The minimum atomic E-state index is -1.02. The van der Waals surface area contributed by atoms with Crippen LogP contribution in [-0.2, 0) is 14.4 Å². The molecule has 0 aliphatic carbocycles. The zero-order chi connectivity index (χ0) is 16.1. The number of carboxylic acids is 1. The van der Waals surface area contributed by atoms with E-state index in [1.54, 1.807) is 25.1 Å². The molecule has 0 spiro atoms. The Bertz CT molecular complexity index is 575. The van der Waals surface area contributed by atoms with E-state index in [9.17, 15) is 4.79 Å². The number of carboxylic acid groups (broad SMARTS) is 1. The lowest BCUT2D eigenvalue weighted by Gasteiger charge is -2.18. The summed E-state index contributed by atoms with van der Waals surface area (Å²) in [6.45, 7) is 4.44. The highest BCUT2D eigenvalue weighted by atomic mass is 35.5. The number of aliphatic carboxylic acids is 1. The van der Waals surface area contributed by atoms with Gasteiger partial charge in [-0.1, -0.05) is 23.7 Å². The summed E-state index contributed by atoms with van der Waals surface area (Å²) in [5.41, 5.74) is 1.14. The third-order valence-corrected chi connectivity index (χ3v) is 3.43. The van der Waals surface area contributed by atoms with E-state index in [4.69, 9.17) is 31.0 Å². The lowest BCUT2D eigenvalue weighted by Crippen LogP contribution is -2.29. The van der Waals surface area contributed by atoms with E-state index in [0.29, 0.717) is 41.7 Å². The maximum Gasteiger partial charge on any atom is 0.344 e. The van der Waals surface area contributed by atoms with Gasteiger partial charge >= 0.3 is 5.97 Å². The van der Waals surface area contributed by atoms with Crippen molar-refractivity contribution in [3.63, 3.8) is 0 Å². The SMILES string of the molecule is CCOC1CON=C1c1cc(Cl)ccc1OC(CC)C(=O)O. The Balaban J connectivity index is 2.34. The van der Waals surface area contributed by atoms with Crippen molar-refractivity contribution in [2.24, 2.45) is 5.16 Å². The fourth-order valence-electron chi connectivity index (χ4n) is 2.13. The van der Waals surface area contributed by atoms with Gasteiger partial charge in [0.25, 0.3) is 0 Å². The summed E-state index contributed by atoms with van der Waals surface area (Å²) in [5, 5.41) is 13.6. The van der Waals surface area contributed by atoms with E-state index in [0.717, 1.165) is 0 Å². The zero-order valence-electron chi connectivity index (χ0n) is 12.4. The highest BCUT2D eigenvalue weighted by molar-refractivity contribution is 6.31. The quantitative estimate of drug-likeness (QED) is 0.833. The molecule has 0 radical (unpaired) electrons. The number of halogens is 1. The van der Waals surface area contributed by atoms with Gasteiger partial charge in [-0.3, -0.25) is 0 Å². The normalized spacial score (nSPS) is 18.5. The Morgan fingerprint density at radius 3 is 2.95 bits per heavy atom. The highest BCUT2D eigenvalue weighted by Crippen LogP contribution is 2.28. The molecule has 1 N–H and O–H groups in total. The van der Waals surface area contributed by atoms with Crippen LogP contribution in [-0.4, -0.2) is 42.2 Å². The van der Waals surface area contributed by atoms with E-state index in [2.05, 4.69) is 5.16 Å². The monoisotopic (exact) mass is 327 g/mol. The van der Waals surface area contributed by atoms with Gasteiger partial charge in [-0.15, -0.1) is 0 Å². The second-order valence-electron chi connectivity index (χ2n) is 4.71. The van der Waals surface area contributed by atoms with Gasteiger partial charge in [-0.2, -0.15) is 0 Å². The molecule has 2 unspecified atom stereocenters. The molecule has 1 aromatic rings. The molecule has 0 bridgehead atoms. The standard InChI is InChI=1S/C15H18ClNO5/c1-3-11(15(18)19)22-12-6-5-9(16)7-10(12)14-13(20-4-2)8-21-17-14/h5-7,11,13H,3-4,8H2,1-2H3,(H,18,19). The van der Waals surface area contributed by atoms with Gasteiger partial charge in [0.1, 0.15) is 24.2 Å². The van der Waals surface area contributed by atoms with Gasteiger partial charge < -0.3 is 19.4 Å². The van der Waals surface area contributed by atoms with Crippen LogP contribution in [0.1, 0.15) is 25.8 Å². The third-order valence-electron chi connectivity index (χ3n) is 3.19. The summed E-state index contributed by atoms with van der Waals surface area (Å²) in [4.78, 5) is 16.3. The zero-order valence-corrected chi connectivity index (χ0v) is 13.2. The van der Waals surface area contributed by atoms with Crippen LogP contribution in [0, 0.1) is 0 Å². The van der Waals surface area contributed by atoms with Crippen molar-refractivity contribution in [1.29, 1.82) is 0 Å². The van der Waals surface area contributed by atoms with E-state index < -0.39 is 12.1 Å². The lowest BCUT2D eigenvalue weighted by molar-refractivity contribution is -0.145. The molecule has 6 nitrogen and oxygen atoms in total. The summed E-state index contributed by atoms with van der Waals surface area (Å²) < 4.78 is 11.2. The van der Waals surface area contributed by atoms with E-state index in [-0.39, 0.29) is 6.10 Å². The Morgan fingerprint density at radius 2 is 2.32 bits per heavy atom. The summed E-state index contributed by atoms with van der Waals surface area (Å²) in [6.07, 6.45) is -0.918. The molecular weight excluding hydrogens is 310 g/mol. The molecule has 0 fully saturated rings. The van der Waals surface area contributed by atoms with Crippen LogP contribution in [0.25, 0.3) is 0 Å². The van der Waals surface area contributed by atoms with Crippen molar-refractivity contribution in [2.45, 2.75) is 32.5 Å². The van der Waals surface area contributed by atoms with Crippen molar-refractivity contribution in [3.05, 3.63) is 28.8 Å². The largest absolute Gasteiger partial charge is 0.479 e. The molecule has 22 heavy (non-hydrogen) atoms. The number of benzene rings is 1. The van der Waals surface area contributed by atoms with Crippen LogP contribution in [0.3, 0.4) is 0 Å². The number of oxime groups is 1. The van der Waals surface area contributed by atoms with Crippen LogP contribution in [0.4, 0.5) is 0 Å². The minimum Gasteiger partial charge on any atom is -0.479 e. The fraction of sp³-hybridized carbons (Fsp3) is 0.467. The van der Waals surface area contributed by atoms with Crippen molar-refractivity contribution in [1.82, 2.24) is 0 Å². The van der Waals surface area contributed by atoms with Crippen molar-refractivity contribution < 1.29 is 24.2 Å². The van der Waals surface area contributed by atoms with Gasteiger partial charge in [-0.05, 0) is 31.5 Å². The van der Waals surface area contributed by atoms with Gasteiger partial charge in [0, 0.05) is 17.2 Å². The Kier molecular flexibility index (Phi) is 5.63. The molecule has 0 saturated heterocycles. The van der Waals surface area contributed by atoms with Crippen LogP contribution in [0.2, 0.25) is 5.02 Å². The van der Waals surface area contributed by atoms with Gasteiger partial charge in [0.05, 0.1) is 0 Å². The lowest BCUT2D eigenvalue weighted by atomic mass is 10.0. The minimum absolute atomic E-state index is 0.311. The first-order valence-corrected chi connectivity index (χ1v) is 7.45. The molecule has 1 aromatic carbocycles. The third kappa shape index (κ3) is 3.69. The van der Waals surface area contributed by atoms with Crippen LogP contribution in [0.15, 0.2) is 23.4 Å². The number of ether oxygens (including phenoxy) is 2. The summed E-state index contributed by atoms with van der Waals surface area (Å²) in [5.74, 6) is -0.623. The second kappa shape index (κ2) is 7.47. The Morgan fingerprint density at radius 1 is 1.55 bits per heavy atom. The number of hydrogen-bond acceptors (Lipinski definition) is 5. The average Bonchev–Trinajstić information content (AvgIpc) is 2.94. The molecule has 2 atom stereocenters. The molecule has 7 heteroatoms. The van der Waals surface area contributed by atoms with Crippen molar-refractivity contribution in [3.8, 4) is 5.75 Å². The van der Waals surface area contributed by atoms with Gasteiger partial charge in [0.2, 0.25) is 0 Å². The first kappa shape index (κ1) is 16.6. The van der Waals surface area contributed by atoms with E-state index in [1.165, 1.54) is 0 Å². The number of carbonyl (C=O) groups is 1. The molecular formula is C15H18ClNO5. The molecule has 2 rings (SSSR count). The fourth-order valence-corrected chi connectivity index (χ4v) is 2.30. The van der Waals surface area contributed by atoms with Gasteiger partial charge in [-0.25, -0.2) is 4.79 Å².